The van der Waals surface area contributed by atoms with Gasteiger partial charge in [0.1, 0.15) is 11.6 Å². The highest BCUT2D eigenvalue weighted by Gasteiger charge is 2.13. The van der Waals surface area contributed by atoms with Gasteiger partial charge in [0.15, 0.2) is 5.82 Å². The van der Waals surface area contributed by atoms with Crippen LogP contribution in [0.3, 0.4) is 0 Å². The summed E-state index contributed by atoms with van der Waals surface area (Å²) in [5.74, 6) is 2.03. The number of benzene rings is 2. The maximum atomic E-state index is 6.10. The Kier molecular flexibility index (Phi) is 4.60. The second kappa shape index (κ2) is 6.81. The molecule has 3 aromatic rings. The fraction of sp³-hybridized carbons (Fsp3) is 0.176. The van der Waals surface area contributed by atoms with E-state index in [4.69, 9.17) is 22.1 Å². The van der Waals surface area contributed by atoms with Gasteiger partial charge in [0.05, 0.1) is 18.2 Å². The molecule has 0 atom stereocenters. The lowest BCUT2D eigenvalue weighted by molar-refractivity contribution is 0.416. The van der Waals surface area contributed by atoms with Crippen molar-refractivity contribution in [3.05, 3.63) is 47.5 Å². The summed E-state index contributed by atoms with van der Waals surface area (Å²) in [4.78, 5) is 9.28. The summed E-state index contributed by atoms with van der Waals surface area (Å²) in [6.45, 7) is 1.13. The number of ether oxygens (including phenoxy) is 1. The Morgan fingerprint density at radius 1 is 1.17 bits per heavy atom. The van der Waals surface area contributed by atoms with E-state index in [2.05, 4.69) is 15.3 Å². The van der Waals surface area contributed by atoms with E-state index in [0.717, 1.165) is 22.2 Å². The minimum Gasteiger partial charge on any atom is -0.496 e. The predicted molar refractivity (Wildman–Crippen MR) is 94.1 cm³/mol. The largest absolute Gasteiger partial charge is 0.496 e. The quantitative estimate of drug-likeness (QED) is 0.751. The van der Waals surface area contributed by atoms with Gasteiger partial charge in [-0.1, -0.05) is 23.7 Å². The molecule has 0 aliphatic rings. The van der Waals surface area contributed by atoms with Crippen LogP contribution >= 0.6 is 11.6 Å². The molecule has 0 unspecified atom stereocenters. The number of hydrogen-bond acceptors (Lipinski definition) is 5. The molecule has 3 rings (SSSR count). The van der Waals surface area contributed by atoms with Crippen molar-refractivity contribution in [2.75, 3.05) is 25.5 Å². The molecular weight excluding hydrogens is 312 g/mol. The summed E-state index contributed by atoms with van der Waals surface area (Å²) >= 11 is 6.10. The van der Waals surface area contributed by atoms with E-state index in [1.54, 1.807) is 7.11 Å². The monoisotopic (exact) mass is 328 g/mol. The van der Waals surface area contributed by atoms with Crippen LogP contribution in [-0.2, 0) is 0 Å². The average Bonchev–Trinajstić information content (AvgIpc) is 2.59. The molecule has 0 spiro atoms. The molecule has 0 radical (unpaired) electrons. The van der Waals surface area contributed by atoms with E-state index in [1.165, 1.54) is 0 Å². The number of halogens is 1. The van der Waals surface area contributed by atoms with Gasteiger partial charge < -0.3 is 15.8 Å². The van der Waals surface area contributed by atoms with Crippen molar-refractivity contribution >= 4 is 28.3 Å². The third kappa shape index (κ3) is 3.21. The first-order valence-electron chi connectivity index (χ1n) is 7.27. The first kappa shape index (κ1) is 15.5. The van der Waals surface area contributed by atoms with Crippen LogP contribution in [0.15, 0.2) is 42.5 Å². The van der Waals surface area contributed by atoms with Gasteiger partial charge >= 0.3 is 0 Å². The fourth-order valence-corrected chi connectivity index (χ4v) is 2.55. The summed E-state index contributed by atoms with van der Waals surface area (Å²) in [6.07, 6.45) is 0. The van der Waals surface area contributed by atoms with E-state index in [-0.39, 0.29) is 0 Å². The van der Waals surface area contributed by atoms with Crippen LogP contribution in [0.1, 0.15) is 0 Å². The Labute approximate surface area is 139 Å². The van der Waals surface area contributed by atoms with Crippen molar-refractivity contribution in [3.63, 3.8) is 0 Å². The summed E-state index contributed by atoms with van der Waals surface area (Å²) in [5.41, 5.74) is 7.24. The lowest BCUT2D eigenvalue weighted by atomic mass is 10.1. The van der Waals surface area contributed by atoms with Crippen molar-refractivity contribution in [1.82, 2.24) is 9.97 Å². The number of methoxy groups -OCH3 is 1. The fourth-order valence-electron chi connectivity index (χ4n) is 2.38. The number of nitrogens with zero attached hydrogens (tertiary/aromatic N) is 2. The number of fused-ring (bicyclic) bond motifs is 1. The van der Waals surface area contributed by atoms with E-state index in [1.807, 2.05) is 42.5 Å². The van der Waals surface area contributed by atoms with Crippen LogP contribution in [0.2, 0.25) is 5.02 Å². The normalized spacial score (nSPS) is 10.7. The van der Waals surface area contributed by atoms with Gasteiger partial charge in [-0.15, -0.1) is 0 Å². The Morgan fingerprint density at radius 2 is 2.00 bits per heavy atom. The molecule has 3 N–H and O–H groups in total. The zero-order valence-electron chi connectivity index (χ0n) is 12.7. The van der Waals surface area contributed by atoms with Crippen LogP contribution in [0, 0.1) is 0 Å². The number of hydrogen-bond donors (Lipinski definition) is 2. The Morgan fingerprint density at radius 3 is 2.78 bits per heavy atom. The molecule has 23 heavy (non-hydrogen) atoms. The van der Waals surface area contributed by atoms with Gasteiger partial charge in [-0.2, -0.15) is 0 Å². The number of aromatic nitrogens is 2. The number of para-hydroxylation sites is 1. The third-order valence-corrected chi connectivity index (χ3v) is 3.68. The molecule has 0 saturated heterocycles. The SMILES string of the molecule is COc1ccccc1-c1nc(NCCN)c2cc(Cl)ccc2n1. The second-order valence-electron chi connectivity index (χ2n) is 4.97. The maximum absolute atomic E-state index is 6.10. The van der Waals surface area contributed by atoms with Gasteiger partial charge in [-0.05, 0) is 30.3 Å². The summed E-state index contributed by atoms with van der Waals surface area (Å²) in [6, 6.07) is 13.2. The zero-order valence-corrected chi connectivity index (χ0v) is 13.5. The highest BCUT2D eigenvalue weighted by Crippen LogP contribution is 2.31. The smallest absolute Gasteiger partial charge is 0.165 e. The lowest BCUT2D eigenvalue weighted by Gasteiger charge is -2.12. The molecule has 5 nitrogen and oxygen atoms in total. The molecule has 1 aromatic heterocycles. The van der Waals surface area contributed by atoms with E-state index in [9.17, 15) is 0 Å². The van der Waals surface area contributed by atoms with Gasteiger partial charge in [0.2, 0.25) is 0 Å². The minimum absolute atomic E-state index is 0.510. The van der Waals surface area contributed by atoms with Crippen LogP contribution in [0.4, 0.5) is 5.82 Å². The molecule has 0 saturated carbocycles. The molecule has 6 heteroatoms. The van der Waals surface area contributed by atoms with E-state index in [0.29, 0.717) is 29.8 Å². The number of nitrogens with two attached hydrogens (primary N) is 1. The average molecular weight is 329 g/mol. The third-order valence-electron chi connectivity index (χ3n) is 3.44. The summed E-state index contributed by atoms with van der Waals surface area (Å²) in [7, 11) is 1.63. The first-order valence-corrected chi connectivity index (χ1v) is 7.65. The van der Waals surface area contributed by atoms with Crippen molar-refractivity contribution in [3.8, 4) is 17.1 Å². The number of nitrogens with one attached hydrogen (secondary N) is 1. The lowest BCUT2D eigenvalue weighted by Crippen LogP contribution is -2.14. The maximum Gasteiger partial charge on any atom is 0.165 e. The summed E-state index contributed by atoms with van der Waals surface area (Å²) in [5, 5.41) is 4.74. The van der Waals surface area contributed by atoms with Crippen molar-refractivity contribution in [1.29, 1.82) is 0 Å². The first-order chi connectivity index (χ1) is 11.2. The van der Waals surface area contributed by atoms with Gasteiger partial charge in [0.25, 0.3) is 0 Å². The van der Waals surface area contributed by atoms with Gasteiger partial charge in [-0.3, -0.25) is 0 Å². The van der Waals surface area contributed by atoms with Crippen LogP contribution in [-0.4, -0.2) is 30.2 Å². The molecule has 0 bridgehead atoms. The Bertz CT molecular complexity index is 838. The van der Waals surface area contributed by atoms with Crippen molar-refractivity contribution in [2.45, 2.75) is 0 Å². The van der Waals surface area contributed by atoms with Gasteiger partial charge in [-0.25, -0.2) is 9.97 Å². The van der Waals surface area contributed by atoms with E-state index >= 15 is 0 Å². The van der Waals surface area contributed by atoms with Crippen LogP contribution in [0.5, 0.6) is 5.75 Å². The summed E-state index contributed by atoms with van der Waals surface area (Å²) < 4.78 is 5.41. The number of rotatable bonds is 5. The number of anilines is 1. The predicted octanol–water partition coefficient (Wildman–Crippen LogP) is 3.33. The standard InChI is InChI=1S/C17H17ClN4O/c1-23-15-5-3-2-4-12(15)17-21-14-7-6-11(18)10-13(14)16(22-17)20-9-8-19/h2-7,10H,8-9,19H2,1H3,(H,20,21,22). The molecule has 2 aromatic carbocycles. The molecule has 0 fully saturated rings. The topological polar surface area (TPSA) is 73.1 Å². The van der Waals surface area contributed by atoms with Crippen LogP contribution in [0.25, 0.3) is 22.3 Å². The van der Waals surface area contributed by atoms with Gasteiger partial charge in [0, 0.05) is 23.5 Å². The molecule has 118 valence electrons. The zero-order chi connectivity index (χ0) is 16.2. The Hall–Kier alpha value is -2.37. The Balaban J connectivity index is 2.20. The molecule has 0 amide bonds. The van der Waals surface area contributed by atoms with Crippen LogP contribution < -0.4 is 15.8 Å². The molecule has 1 heterocycles. The molecule has 0 aliphatic carbocycles. The second-order valence-corrected chi connectivity index (χ2v) is 5.41. The highest BCUT2D eigenvalue weighted by atomic mass is 35.5. The molecule has 0 aliphatic heterocycles. The van der Waals surface area contributed by atoms with E-state index < -0.39 is 0 Å². The van der Waals surface area contributed by atoms with Crippen molar-refractivity contribution in [2.24, 2.45) is 5.73 Å². The van der Waals surface area contributed by atoms with Crippen molar-refractivity contribution < 1.29 is 4.74 Å². The minimum atomic E-state index is 0.510. The highest BCUT2D eigenvalue weighted by molar-refractivity contribution is 6.31. The molecular formula is C17H17ClN4O.